The molecule has 0 bridgehead atoms. The molecule has 2 fully saturated rings. The van der Waals surface area contributed by atoms with Crippen molar-refractivity contribution >= 4 is 29.8 Å². The van der Waals surface area contributed by atoms with E-state index >= 15 is 0 Å². The minimum Gasteiger partial charge on any atom is -0.462 e. The van der Waals surface area contributed by atoms with Crippen LogP contribution in [0.3, 0.4) is 0 Å². The summed E-state index contributed by atoms with van der Waals surface area (Å²) in [6.45, 7) is 12.3. The van der Waals surface area contributed by atoms with E-state index in [4.69, 9.17) is 28.4 Å². The Morgan fingerprint density at radius 1 is 0.913 bits per heavy atom. The number of rotatable bonds is 10. The molecule has 0 unspecified atom stereocenters. The van der Waals surface area contributed by atoms with Gasteiger partial charge in [0.05, 0.1) is 0 Å². The van der Waals surface area contributed by atoms with E-state index in [1.54, 1.807) is 33.8 Å². The van der Waals surface area contributed by atoms with Crippen molar-refractivity contribution in [3.05, 3.63) is 23.3 Å². The normalized spacial score (nSPS) is 39.2. The first-order chi connectivity index (χ1) is 21.5. The minimum atomic E-state index is -1.64. The lowest BCUT2D eigenvalue weighted by molar-refractivity contribution is -0.214. The molecule has 1 spiro atoms. The van der Waals surface area contributed by atoms with Crippen LogP contribution in [0.15, 0.2) is 23.3 Å². The molecule has 10 atom stereocenters. The fourth-order valence-electron chi connectivity index (χ4n) is 7.73. The fourth-order valence-corrected chi connectivity index (χ4v) is 7.73. The number of fused-ring (bicyclic) bond motifs is 1. The number of ether oxygens (including phenoxy) is 6. The SMILES string of the molecule is CCCCCCCC(=O)O[C@H]1/C(C)=C\[C@@H]2OC(=O)[C@]3(C)O[C@]23[C@@H](OC(C)=O)[C@H]2C(C)=CC[C@H](OC(C)=O)[C@]2(C)[C@@H](O)[C@@H]1OC(C)=O. The molecule has 12 nitrogen and oxygen atoms in total. The molecule has 4 rings (SSSR count). The van der Waals surface area contributed by atoms with Gasteiger partial charge in [-0.25, -0.2) is 4.79 Å². The Kier molecular flexibility index (Phi) is 10.4. The Bertz CT molecular complexity index is 1300. The molecule has 1 N–H and O–H groups in total. The third-order valence-corrected chi connectivity index (χ3v) is 10.1. The smallest absolute Gasteiger partial charge is 0.342 e. The first kappa shape index (κ1) is 35.6. The Balaban J connectivity index is 1.92. The van der Waals surface area contributed by atoms with E-state index in [1.165, 1.54) is 20.8 Å². The molecule has 4 aliphatic rings. The highest BCUT2D eigenvalue weighted by Crippen LogP contribution is 2.65. The summed E-state index contributed by atoms with van der Waals surface area (Å²) >= 11 is 0. The second-order valence-corrected chi connectivity index (χ2v) is 13.4. The number of carbonyl (C=O) groups excluding carboxylic acids is 5. The van der Waals surface area contributed by atoms with Crippen LogP contribution >= 0.6 is 0 Å². The Morgan fingerprint density at radius 3 is 2.13 bits per heavy atom. The van der Waals surface area contributed by atoms with Crippen LogP contribution in [-0.4, -0.2) is 82.8 Å². The summed E-state index contributed by atoms with van der Waals surface area (Å²) in [6, 6.07) is 0. The van der Waals surface area contributed by atoms with Gasteiger partial charge in [-0.2, -0.15) is 0 Å². The number of unbranched alkanes of at least 4 members (excludes halogenated alkanes) is 4. The molecule has 2 heterocycles. The van der Waals surface area contributed by atoms with Gasteiger partial charge in [0.15, 0.2) is 29.5 Å². The molecule has 2 aliphatic carbocycles. The van der Waals surface area contributed by atoms with Crippen LogP contribution in [0.2, 0.25) is 0 Å². The summed E-state index contributed by atoms with van der Waals surface area (Å²) in [5.41, 5.74) is -3.60. The second kappa shape index (κ2) is 13.5. The number of aliphatic hydroxyl groups excluding tert-OH is 1. The second-order valence-electron chi connectivity index (χ2n) is 13.4. The van der Waals surface area contributed by atoms with Crippen LogP contribution in [0.4, 0.5) is 0 Å². The van der Waals surface area contributed by atoms with E-state index in [-0.39, 0.29) is 12.8 Å². The summed E-state index contributed by atoms with van der Waals surface area (Å²) in [5, 5.41) is 12.5. The van der Waals surface area contributed by atoms with Crippen molar-refractivity contribution in [3.8, 4) is 0 Å². The first-order valence-corrected chi connectivity index (χ1v) is 16.2. The molecular formula is C34H48O12. The van der Waals surface area contributed by atoms with Gasteiger partial charge in [0.1, 0.15) is 18.3 Å². The molecule has 46 heavy (non-hydrogen) atoms. The molecule has 0 aromatic carbocycles. The summed E-state index contributed by atoms with van der Waals surface area (Å²) in [6.07, 6.45) is 0.368. The van der Waals surface area contributed by atoms with Crippen molar-refractivity contribution in [1.29, 1.82) is 0 Å². The van der Waals surface area contributed by atoms with Gasteiger partial charge in [0.2, 0.25) is 0 Å². The molecule has 0 aromatic rings. The summed E-state index contributed by atoms with van der Waals surface area (Å²) in [5.74, 6) is -4.22. The van der Waals surface area contributed by atoms with Crippen LogP contribution in [0.25, 0.3) is 0 Å². The summed E-state index contributed by atoms with van der Waals surface area (Å²) in [4.78, 5) is 64.3. The molecule has 2 aliphatic heterocycles. The van der Waals surface area contributed by atoms with Crippen molar-refractivity contribution in [1.82, 2.24) is 0 Å². The molecule has 0 aromatic heterocycles. The highest BCUT2D eigenvalue weighted by Gasteiger charge is 2.87. The van der Waals surface area contributed by atoms with E-state index < -0.39 is 89.0 Å². The number of carbonyl (C=O) groups is 5. The lowest BCUT2D eigenvalue weighted by atomic mass is 9.56. The standard InChI is InChI=1S/C34H48O12/c1-9-10-11-12-13-14-25(38)45-27-19(3)17-24-34(33(8,46-34)31(40)44-24)30(43-22(6)37)26-18(2)15-16-23(41-20(4)35)32(26,7)29(39)28(27)42-21(5)36/h15,17,23-24,26-30,39H,9-14,16H2,1-8H3/b19-17-/t23-,24-,26+,27-,28+,29-,30-,32-,33-,34-/m0/s1. The van der Waals surface area contributed by atoms with Gasteiger partial charge in [-0.3, -0.25) is 19.2 Å². The van der Waals surface area contributed by atoms with Crippen molar-refractivity contribution in [3.63, 3.8) is 0 Å². The molecular weight excluding hydrogens is 600 g/mol. The zero-order valence-corrected chi connectivity index (χ0v) is 28.1. The lowest BCUT2D eigenvalue weighted by Gasteiger charge is -2.53. The molecule has 0 amide bonds. The van der Waals surface area contributed by atoms with Crippen molar-refractivity contribution in [2.45, 2.75) is 148 Å². The highest BCUT2D eigenvalue weighted by molar-refractivity contribution is 5.89. The average molecular weight is 649 g/mol. The maximum Gasteiger partial charge on any atom is 0.342 e. The number of epoxide rings is 1. The van der Waals surface area contributed by atoms with Gasteiger partial charge in [-0.05, 0) is 38.8 Å². The largest absolute Gasteiger partial charge is 0.462 e. The maximum absolute atomic E-state index is 13.3. The van der Waals surface area contributed by atoms with Gasteiger partial charge < -0.3 is 33.5 Å². The van der Waals surface area contributed by atoms with Crippen molar-refractivity contribution < 1.29 is 57.5 Å². The monoisotopic (exact) mass is 648 g/mol. The van der Waals surface area contributed by atoms with Gasteiger partial charge in [-0.1, -0.05) is 51.2 Å². The lowest BCUT2D eigenvalue weighted by Crippen LogP contribution is -2.65. The van der Waals surface area contributed by atoms with Crippen LogP contribution < -0.4 is 0 Å². The zero-order chi connectivity index (χ0) is 34.2. The zero-order valence-electron chi connectivity index (χ0n) is 28.1. The Hall–Kier alpha value is -3.25. The van der Waals surface area contributed by atoms with Crippen LogP contribution in [-0.2, 0) is 52.4 Å². The maximum atomic E-state index is 13.3. The van der Waals surface area contributed by atoms with Gasteiger partial charge in [0, 0.05) is 44.9 Å². The fraction of sp³-hybridized carbons (Fsp3) is 0.735. The molecule has 2 saturated heterocycles. The third kappa shape index (κ3) is 6.22. The van der Waals surface area contributed by atoms with Gasteiger partial charge >= 0.3 is 29.8 Å². The van der Waals surface area contributed by atoms with Crippen molar-refractivity contribution in [2.75, 3.05) is 0 Å². The number of aliphatic hydroxyl groups is 1. The molecule has 256 valence electrons. The number of hydrogen-bond acceptors (Lipinski definition) is 12. The number of esters is 5. The molecule has 12 heteroatoms. The van der Waals surface area contributed by atoms with E-state index in [0.717, 1.165) is 25.7 Å². The van der Waals surface area contributed by atoms with Gasteiger partial charge in [-0.15, -0.1) is 0 Å². The van der Waals surface area contributed by atoms with Crippen molar-refractivity contribution in [2.24, 2.45) is 11.3 Å². The third-order valence-electron chi connectivity index (χ3n) is 10.1. The highest BCUT2D eigenvalue weighted by atomic mass is 16.7. The van der Waals surface area contributed by atoms with E-state index in [2.05, 4.69) is 6.92 Å². The summed E-state index contributed by atoms with van der Waals surface area (Å²) in [7, 11) is 0. The average Bonchev–Trinajstić information content (AvgIpc) is 3.55. The number of hydrogen-bond donors (Lipinski definition) is 1. The Morgan fingerprint density at radius 2 is 1.54 bits per heavy atom. The Labute approximate surface area is 270 Å². The predicted molar refractivity (Wildman–Crippen MR) is 162 cm³/mol. The van der Waals surface area contributed by atoms with Crippen LogP contribution in [0.1, 0.15) is 100 Å². The van der Waals surface area contributed by atoms with E-state index in [1.807, 2.05) is 6.08 Å². The molecule has 0 saturated carbocycles. The topological polar surface area (TPSA) is 164 Å². The molecule has 0 radical (unpaired) electrons. The van der Waals surface area contributed by atoms with Crippen LogP contribution in [0.5, 0.6) is 0 Å². The predicted octanol–water partition coefficient (Wildman–Crippen LogP) is 3.80. The van der Waals surface area contributed by atoms with Crippen LogP contribution in [0, 0.1) is 11.3 Å². The van der Waals surface area contributed by atoms with Gasteiger partial charge in [0.25, 0.3) is 0 Å². The summed E-state index contributed by atoms with van der Waals surface area (Å²) < 4.78 is 35.6. The van der Waals surface area contributed by atoms with E-state index in [0.29, 0.717) is 17.6 Å². The quantitative estimate of drug-likeness (QED) is 0.120. The first-order valence-electron chi connectivity index (χ1n) is 16.2. The van der Waals surface area contributed by atoms with E-state index in [9.17, 15) is 29.1 Å². The minimum absolute atomic E-state index is 0.103.